The number of benzene rings is 1. The molecule has 0 fully saturated rings. The van der Waals surface area contributed by atoms with Gasteiger partial charge in [0.15, 0.2) is 0 Å². The number of ether oxygens (including phenoxy) is 1. The number of carbonyl (C=O) groups excluding carboxylic acids is 1. The maximum Gasteiger partial charge on any atom is 0.318 e. The molecule has 1 aromatic carbocycles. The van der Waals surface area contributed by atoms with Crippen molar-refractivity contribution in [1.29, 1.82) is 0 Å². The van der Waals surface area contributed by atoms with E-state index in [-0.39, 0.29) is 11.4 Å². The van der Waals surface area contributed by atoms with Crippen LogP contribution in [0.5, 0.6) is 5.75 Å². The first-order chi connectivity index (χ1) is 9.40. The zero-order valence-electron chi connectivity index (χ0n) is 12.7. The molecule has 0 heterocycles. The molecule has 110 valence electrons. The van der Waals surface area contributed by atoms with E-state index in [1.165, 1.54) is 0 Å². The van der Waals surface area contributed by atoms with E-state index in [1.54, 1.807) is 13.3 Å². The molecule has 0 bridgehead atoms. The minimum absolute atomic E-state index is 0.0634. The first-order valence-electron chi connectivity index (χ1n) is 6.76. The van der Waals surface area contributed by atoms with Gasteiger partial charge in [0.25, 0.3) is 0 Å². The summed E-state index contributed by atoms with van der Waals surface area (Å²) in [5, 5.41) is 5.51. The van der Waals surface area contributed by atoms with Crippen molar-refractivity contribution in [2.24, 2.45) is 5.41 Å². The lowest BCUT2D eigenvalue weighted by molar-refractivity contribution is 0.244. The molecule has 20 heavy (non-hydrogen) atoms. The van der Waals surface area contributed by atoms with Crippen LogP contribution in [0.15, 0.2) is 36.5 Å². The quantitative estimate of drug-likeness (QED) is 0.868. The molecule has 1 aromatic rings. The van der Waals surface area contributed by atoms with Gasteiger partial charge in [0.1, 0.15) is 5.75 Å². The lowest BCUT2D eigenvalue weighted by Crippen LogP contribution is -2.33. The molecule has 0 spiro atoms. The van der Waals surface area contributed by atoms with Gasteiger partial charge in [-0.1, -0.05) is 39.0 Å². The predicted molar refractivity (Wildman–Crippen MR) is 81.8 cm³/mol. The fraction of sp³-hybridized carbons (Fsp3) is 0.438. The Morgan fingerprint density at radius 1 is 1.35 bits per heavy atom. The van der Waals surface area contributed by atoms with Crippen LogP contribution < -0.4 is 15.4 Å². The second-order valence-electron chi connectivity index (χ2n) is 5.70. The Morgan fingerprint density at radius 3 is 2.75 bits per heavy atom. The summed E-state index contributed by atoms with van der Waals surface area (Å²) in [4.78, 5) is 11.5. The first kappa shape index (κ1) is 16.1. The molecule has 0 atom stereocenters. The highest BCUT2D eigenvalue weighted by Crippen LogP contribution is 2.13. The van der Waals surface area contributed by atoms with E-state index < -0.39 is 0 Å². The summed E-state index contributed by atoms with van der Waals surface area (Å²) in [5.74, 6) is 0.833. The van der Waals surface area contributed by atoms with Gasteiger partial charge in [0.2, 0.25) is 0 Å². The summed E-state index contributed by atoms with van der Waals surface area (Å²) in [6.07, 6.45) is 4.41. The molecule has 1 rings (SSSR count). The third-order valence-corrected chi connectivity index (χ3v) is 2.63. The highest BCUT2D eigenvalue weighted by molar-refractivity contribution is 5.74. The molecule has 0 radical (unpaired) electrons. The molecule has 0 unspecified atom stereocenters. The van der Waals surface area contributed by atoms with Crippen LogP contribution in [0.2, 0.25) is 0 Å². The molecule has 2 N–H and O–H groups in total. The van der Waals surface area contributed by atoms with Crippen LogP contribution in [0.4, 0.5) is 4.79 Å². The molecule has 0 saturated carbocycles. The molecular formula is C16H24N2O2. The molecule has 0 aliphatic carbocycles. The number of hydrogen-bond donors (Lipinski definition) is 2. The molecule has 2 amide bonds. The van der Waals surface area contributed by atoms with E-state index in [2.05, 4.69) is 31.4 Å². The second-order valence-corrected chi connectivity index (χ2v) is 5.70. The van der Waals surface area contributed by atoms with Gasteiger partial charge >= 0.3 is 6.03 Å². The van der Waals surface area contributed by atoms with E-state index in [9.17, 15) is 4.79 Å². The average Bonchev–Trinajstić information content (AvgIpc) is 2.37. The third kappa shape index (κ3) is 6.83. The SMILES string of the molecule is COc1cccc(CCNC(=O)N/C=C/C(C)(C)C)c1. The van der Waals surface area contributed by atoms with Crippen molar-refractivity contribution in [1.82, 2.24) is 10.6 Å². The van der Waals surface area contributed by atoms with Gasteiger partial charge in [0, 0.05) is 12.7 Å². The summed E-state index contributed by atoms with van der Waals surface area (Å²) >= 11 is 0. The number of nitrogens with one attached hydrogen (secondary N) is 2. The van der Waals surface area contributed by atoms with Crippen LogP contribution in [0.25, 0.3) is 0 Å². The summed E-state index contributed by atoms with van der Waals surface area (Å²) in [7, 11) is 1.65. The van der Waals surface area contributed by atoms with Crippen LogP contribution in [-0.2, 0) is 6.42 Å². The van der Waals surface area contributed by atoms with Crippen molar-refractivity contribution in [3.05, 3.63) is 42.1 Å². The van der Waals surface area contributed by atoms with Gasteiger partial charge in [-0.3, -0.25) is 0 Å². The molecule has 0 aliphatic rings. The van der Waals surface area contributed by atoms with Gasteiger partial charge in [-0.25, -0.2) is 4.79 Å². The van der Waals surface area contributed by atoms with Gasteiger partial charge in [-0.2, -0.15) is 0 Å². The molecule has 0 aromatic heterocycles. The Balaban J connectivity index is 2.30. The fourth-order valence-electron chi connectivity index (χ4n) is 1.57. The monoisotopic (exact) mass is 276 g/mol. The Kier molecular flexibility index (Phi) is 6.10. The van der Waals surface area contributed by atoms with Crippen molar-refractivity contribution >= 4 is 6.03 Å². The fourth-order valence-corrected chi connectivity index (χ4v) is 1.57. The highest BCUT2D eigenvalue weighted by atomic mass is 16.5. The number of methoxy groups -OCH3 is 1. The van der Waals surface area contributed by atoms with Crippen LogP contribution in [0.1, 0.15) is 26.3 Å². The topological polar surface area (TPSA) is 50.4 Å². The van der Waals surface area contributed by atoms with E-state index in [4.69, 9.17) is 4.74 Å². The predicted octanol–water partition coefficient (Wildman–Crippen LogP) is 3.10. The number of urea groups is 1. The zero-order chi connectivity index (χ0) is 15.0. The number of hydrogen-bond acceptors (Lipinski definition) is 2. The summed E-state index contributed by atoms with van der Waals surface area (Å²) < 4.78 is 5.16. The molecule has 0 saturated heterocycles. The lowest BCUT2D eigenvalue weighted by atomic mass is 9.97. The van der Waals surface area contributed by atoms with Crippen LogP contribution >= 0.6 is 0 Å². The maximum atomic E-state index is 11.5. The summed E-state index contributed by atoms with van der Waals surface area (Å²) in [5.41, 5.74) is 1.20. The summed E-state index contributed by atoms with van der Waals surface area (Å²) in [6.45, 7) is 6.81. The van der Waals surface area contributed by atoms with Crippen molar-refractivity contribution in [3.63, 3.8) is 0 Å². The Bertz CT molecular complexity index is 462. The van der Waals surface area contributed by atoms with Gasteiger partial charge in [-0.15, -0.1) is 0 Å². The standard InChI is InChI=1S/C16H24N2O2/c1-16(2,3)9-11-18-15(19)17-10-8-13-6-5-7-14(12-13)20-4/h5-7,9,11-12H,8,10H2,1-4H3,(H2,17,18,19)/b11-9+. The smallest absolute Gasteiger partial charge is 0.318 e. The van der Waals surface area contributed by atoms with Crippen molar-refractivity contribution < 1.29 is 9.53 Å². The minimum atomic E-state index is -0.187. The van der Waals surface area contributed by atoms with E-state index in [0.29, 0.717) is 6.54 Å². The maximum absolute atomic E-state index is 11.5. The molecule has 4 nitrogen and oxygen atoms in total. The van der Waals surface area contributed by atoms with Gasteiger partial charge in [0.05, 0.1) is 7.11 Å². The van der Waals surface area contributed by atoms with Crippen molar-refractivity contribution in [3.8, 4) is 5.75 Å². The second kappa shape index (κ2) is 7.58. The number of allylic oxidation sites excluding steroid dienone is 1. The molecule has 4 heteroatoms. The Morgan fingerprint density at radius 2 is 2.10 bits per heavy atom. The van der Waals surface area contributed by atoms with Crippen LogP contribution in [0.3, 0.4) is 0 Å². The van der Waals surface area contributed by atoms with Crippen LogP contribution in [0, 0.1) is 5.41 Å². The third-order valence-electron chi connectivity index (χ3n) is 2.63. The van der Waals surface area contributed by atoms with E-state index in [0.717, 1.165) is 17.7 Å². The van der Waals surface area contributed by atoms with E-state index in [1.807, 2.05) is 30.3 Å². The number of carbonyl (C=O) groups is 1. The van der Waals surface area contributed by atoms with Gasteiger partial charge in [-0.05, 0) is 29.5 Å². The minimum Gasteiger partial charge on any atom is -0.497 e. The Hall–Kier alpha value is -1.97. The Labute approximate surface area is 121 Å². The van der Waals surface area contributed by atoms with Gasteiger partial charge < -0.3 is 15.4 Å². The lowest BCUT2D eigenvalue weighted by Gasteiger charge is -2.11. The van der Waals surface area contributed by atoms with Crippen molar-refractivity contribution in [2.45, 2.75) is 27.2 Å². The zero-order valence-corrected chi connectivity index (χ0v) is 12.7. The highest BCUT2D eigenvalue weighted by Gasteiger charge is 2.04. The van der Waals surface area contributed by atoms with Crippen molar-refractivity contribution in [2.75, 3.05) is 13.7 Å². The number of rotatable bonds is 5. The largest absolute Gasteiger partial charge is 0.497 e. The number of amides is 2. The molecular weight excluding hydrogens is 252 g/mol. The first-order valence-corrected chi connectivity index (χ1v) is 6.76. The average molecular weight is 276 g/mol. The molecule has 0 aliphatic heterocycles. The normalized spacial score (nSPS) is 11.4. The van der Waals surface area contributed by atoms with E-state index >= 15 is 0 Å². The van der Waals surface area contributed by atoms with Crippen LogP contribution in [-0.4, -0.2) is 19.7 Å². The summed E-state index contributed by atoms with van der Waals surface area (Å²) in [6, 6.07) is 7.65.